The van der Waals surface area contributed by atoms with Crippen LogP contribution in [0, 0.1) is 5.92 Å². The molecule has 9 nitrogen and oxygen atoms in total. The first-order valence-electron chi connectivity index (χ1n) is 9.37. The van der Waals surface area contributed by atoms with E-state index in [1.807, 2.05) is 13.8 Å². The van der Waals surface area contributed by atoms with E-state index in [0.717, 1.165) is 0 Å². The van der Waals surface area contributed by atoms with E-state index in [0.29, 0.717) is 22.5 Å². The van der Waals surface area contributed by atoms with E-state index in [2.05, 4.69) is 20.9 Å². The summed E-state index contributed by atoms with van der Waals surface area (Å²) in [5.74, 6) is -1.73. The smallest absolute Gasteiger partial charge is 0.357 e. The van der Waals surface area contributed by atoms with Gasteiger partial charge in [0.15, 0.2) is 10.8 Å². The first-order valence-corrected chi connectivity index (χ1v) is 10.2. The number of para-hydroxylation sites is 1. The number of benzene rings is 1. The van der Waals surface area contributed by atoms with Crippen molar-refractivity contribution in [3.63, 3.8) is 0 Å². The van der Waals surface area contributed by atoms with Gasteiger partial charge in [-0.15, -0.1) is 11.3 Å². The number of esters is 1. The van der Waals surface area contributed by atoms with E-state index in [4.69, 9.17) is 4.74 Å². The van der Waals surface area contributed by atoms with Crippen molar-refractivity contribution in [1.82, 2.24) is 10.3 Å². The van der Waals surface area contributed by atoms with E-state index in [1.54, 1.807) is 24.3 Å². The zero-order chi connectivity index (χ0) is 21.8. The second-order valence-electron chi connectivity index (χ2n) is 7.19. The van der Waals surface area contributed by atoms with Crippen LogP contribution in [-0.4, -0.2) is 41.8 Å². The minimum atomic E-state index is -1.04. The third kappa shape index (κ3) is 4.82. The normalized spacial score (nSPS) is 15.7. The van der Waals surface area contributed by atoms with E-state index in [-0.39, 0.29) is 23.2 Å². The third-order valence-corrected chi connectivity index (χ3v) is 5.35. The molecule has 3 rings (SSSR count). The van der Waals surface area contributed by atoms with Crippen LogP contribution < -0.4 is 16.0 Å². The van der Waals surface area contributed by atoms with Crippen molar-refractivity contribution >= 4 is 45.8 Å². The topological polar surface area (TPSA) is 126 Å². The first kappa shape index (κ1) is 21.4. The highest BCUT2D eigenvalue weighted by atomic mass is 32.1. The Morgan fingerprint density at radius 3 is 2.70 bits per heavy atom. The molecule has 10 heteroatoms. The molecular weight excluding hydrogens is 408 g/mol. The van der Waals surface area contributed by atoms with Gasteiger partial charge in [-0.3, -0.25) is 14.4 Å². The number of carbonyl (C=O) groups excluding carboxylic acids is 4. The summed E-state index contributed by atoms with van der Waals surface area (Å²) in [4.78, 5) is 54.2. The van der Waals surface area contributed by atoms with Crippen LogP contribution in [0.2, 0.25) is 0 Å². The molecule has 1 aromatic heterocycles. The minimum Gasteiger partial charge on any atom is -0.464 e. The maximum Gasteiger partial charge on any atom is 0.357 e. The highest BCUT2D eigenvalue weighted by Gasteiger charge is 2.30. The fraction of sp³-hybridized carbons (Fsp3) is 0.350. The van der Waals surface area contributed by atoms with Crippen molar-refractivity contribution in [2.75, 3.05) is 17.7 Å². The molecule has 0 bridgehead atoms. The second-order valence-corrected chi connectivity index (χ2v) is 8.28. The van der Waals surface area contributed by atoms with Gasteiger partial charge in [0.05, 0.1) is 24.8 Å². The van der Waals surface area contributed by atoms with Gasteiger partial charge in [0.25, 0.3) is 5.91 Å². The molecule has 2 aromatic rings. The van der Waals surface area contributed by atoms with Gasteiger partial charge in [0.2, 0.25) is 11.8 Å². The van der Waals surface area contributed by atoms with E-state index in [9.17, 15) is 19.2 Å². The number of methoxy groups -OCH3 is 1. The Kier molecular flexibility index (Phi) is 6.46. The predicted octanol–water partition coefficient (Wildman–Crippen LogP) is 2.21. The Morgan fingerprint density at radius 2 is 2.00 bits per heavy atom. The Hall–Kier alpha value is -3.27. The van der Waals surface area contributed by atoms with Gasteiger partial charge in [0, 0.05) is 4.88 Å². The maximum absolute atomic E-state index is 12.5. The number of thiazole rings is 1. The lowest BCUT2D eigenvalue weighted by atomic mass is 10.1. The highest BCUT2D eigenvalue weighted by molar-refractivity contribution is 7.16. The monoisotopic (exact) mass is 430 g/mol. The number of anilines is 2. The van der Waals surface area contributed by atoms with E-state index >= 15 is 0 Å². The molecule has 0 unspecified atom stereocenters. The summed E-state index contributed by atoms with van der Waals surface area (Å²) in [6.07, 6.45) is 0.329. The molecule has 1 aromatic carbocycles. The summed E-state index contributed by atoms with van der Waals surface area (Å²) >= 11 is 1.19. The largest absolute Gasteiger partial charge is 0.464 e. The first-order chi connectivity index (χ1) is 14.3. The Bertz CT molecular complexity index is 1000. The van der Waals surface area contributed by atoms with Gasteiger partial charge in [-0.25, -0.2) is 9.78 Å². The van der Waals surface area contributed by atoms with Gasteiger partial charge in [0.1, 0.15) is 6.04 Å². The Balaban J connectivity index is 1.71. The molecule has 1 aliphatic rings. The van der Waals surface area contributed by atoms with Gasteiger partial charge in [-0.05, 0) is 24.5 Å². The average Bonchev–Trinajstić information content (AvgIpc) is 3.02. The molecule has 3 N–H and O–H groups in total. The number of nitrogens with zero attached hydrogens (tertiary/aromatic N) is 1. The maximum atomic E-state index is 12.5. The SMILES string of the molecule is COC(=O)c1nc(NC(=O)C[C@@H]2NC(=O)c3ccccc3NC2=O)sc1CC(C)C. The van der Waals surface area contributed by atoms with Crippen LogP contribution in [0.1, 0.15) is 46.0 Å². The van der Waals surface area contributed by atoms with Gasteiger partial charge in [-0.1, -0.05) is 26.0 Å². The van der Waals surface area contributed by atoms with Crippen molar-refractivity contribution in [2.45, 2.75) is 32.7 Å². The molecule has 3 amide bonds. The van der Waals surface area contributed by atoms with Crippen LogP contribution in [0.4, 0.5) is 10.8 Å². The van der Waals surface area contributed by atoms with E-state index in [1.165, 1.54) is 18.4 Å². The fourth-order valence-corrected chi connectivity index (χ4v) is 4.16. The molecule has 0 spiro atoms. The van der Waals surface area contributed by atoms with Crippen molar-refractivity contribution < 1.29 is 23.9 Å². The molecule has 0 aliphatic carbocycles. The van der Waals surface area contributed by atoms with Crippen LogP contribution in [-0.2, 0) is 20.7 Å². The number of rotatable bonds is 6. The number of carbonyl (C=O) groups is 4. The molecule has 0 saturated carbocycles. The van der Waals surface area contributed by atoms with Crippen LogP contribution in [0.25, 0.3) is 0 Å². The predicted molar refractivity (Wildman–Crippen MR) is 112 cm³/mol. The Morgan fingerprint density at radius 1 is 1.27 bits per heavy atom. The molecule has 0 radical (unpaired) electrons. The zero-order valence-electron chi connectivity index (χ0n) is 16.8. The minimum absolute atomic E-state index is 0.169. The standard InChI is InChI=1S/C20H22N4O5S/c1-10(2)8-14-16(19(28)29-3)24-20(30-14)23-15(25)9-13-18(27)21-12-7-5-4-6-11(12)17(26)22-13/h4-7,10,13H,8-9H2,1-3H3,(H,21,27)(H,22,26)(H,23,24,25)/t13-/m0/s1. The molecule has 2 heterocycles. The van der Waals surface area contributed by atoms with Crippen molar-refractivity contribution in [2.24, 2.45) is 5.92 Å². The average molecular weight is 430 g/mol. The fourth-order valence-electron chi connectivity index (χ4n) is 2.98. The third-order valence-electron chi connectivity index (χ3n) is 4.36. The molecule has 0 fully saturated rings. The summed E-state index contributed by atoms with van der Waals surface area (Å²) < 4.78 is 4.76. The zero-order valence-corrected chi connectivity index (χ0v) is 17.6. The van der Waals surface area contributed by atoms with Crippen LogP contribution in [0.15, 0.2) is 24.3 Å². The molecule has 1 aliphatic heterocycles. The summed E-state index contributed by atoms with van der Waals surface area (Å²) in [6, 6.07) is 5.56. The number of ether oxygens (including phenoxy) is 1. The van der Waals surface area contributed by atoms with Gasteiger partial charge in [-0.2, -0.15) is 0 Å². The molecule has 158 valence electrons. The lowest BCUT2D eigenvalue weighted by Gasteiger charge is -2.13. The van der Waals surface area contributed by atoms with E-state index < -0.39 is 29.7 Å². The van der Waals surface area contributed by atoms with Crippen molar-refractivity contribution in [1.29, 1.82) is 0 Å². The summed E-state index contributed by atoms with van der Waals surface area (Å²) in [6.45, 7) is 4.01. The van der Waals surface area contributed by atoms with Crippen LogP contribution in [0.5, 0.6) is 0 Å². The van der Waals surface area contributed by atoms with Gasteiger partial charge >= 0.3 is 5.97 Å². The summed E-state index contributed by atoms with van der Waals surface area (Å²) in [5, 5.41) is 8.07. The van der Waals surface area contributed by atoms with Crippen LogP contribution >= 0.6 is 11.3 Å². The second kappa shape index (κ2) is 9.04. The van der Waals surface area contributed by atoms with Crippen molar-refractivity contribution in [3.05, 3.63) is 40.4 Å². The molecule has 30 heavy (non-hydrogen) atoms. The number of hydrogen-bond donors (Lipinski definition) is 3. The number of amides is 3. The summed E-state index contributed by atoms with van der Waals surface area (Å²) in [7, 11) is 1.27. The Labute approximate surface area is 177 Å². The highest BCUT2D eigenvalue weighted by Crippen LogP contribution is 2.27. The lowest BCUT2D eigenvalue weighted by molar-refractivity contribution is -0.122. The number of nitrogens with one attached hydrogen (secondary N) is 3. The number of aromatic nitrogens is 1. The molecule has 0 saturated heterocycles. The number of hydrogen-bond acceptors (Lipinski definition) is 7. The molecular formula is C20H22N4O5S. The summed E-state index contributed by atoms with van der Waals surface area (Å²) in [5.41, 5.74) is 0.890. The number of fused-ring (bicyclic) bond motifs is 1. The molecule has 1 atom stereocenters. The quantitative estimate of drug-likeness (QED) is 0.603. The van der Waals surface area contributed by atoms with Gasteiger partial charge < -0.3 is 20.7 Å². The van der Waals surface area contributed by atoms with Crippen LogP contribution in [0.3, 0.4) is 0 Å². The lowest BCUT2D eigenvalue weighted by Crippen LogP contribution is -2.43. The van der Waals surface area contributed by atoms with Crippen molar-refractivity contribution in [3.8, 4) is 0 Å².